The van der Waals surface area contributed by atoms with Gasteiger partial charge in [-0.1, -0.05) is 13.0 Å². The minimum absolute atomic E-state index is 0.119. The molecule has 1 aromatic rings. The average Bonchev–Trinajstić information content (AvgIpc) is 2.90. The van der Waals surface area contributed by atoms with Crippen LogP contribution in [0.1, 0.15) is 32.8 Å². The van der Waals surface area contributed by atoms with Crippen molar-refractivity contribution in [2.75, 3.05) is 13.3 Å². The van der Waals surface area contributed by atoms with Gasteiger partial charge in [0.1, 0.15) is 0 Å². The predicted molar refractivity (Wildman–Crippen MR) is 75.2 cm³/mol. The Hall–Kier alpha value is -2.24. The number of aliphatic carboxylic acids is 1. The summed E-state index contributed by atoms with van der Waals surface area (Å²) in [7, 11) is 0. The van der Waals surface area contributed by atoms with Crippen LogP contribution in [0.4, 0.5) is 0 Å². The molecule has 0 bridgehead atoms. The van der Waals surface area contributed by atoms with Crippen molar-refractivity contribution in [3.05, 3.63) is 23.8 Å². The Balaban J connectivity index is 2.51. The molecular weight excluding hydrogens is 274 g/mol. The number of fused-ring (bicyclic) bond motifs is 1. The largest absolute Gasteiger partial charge is 0.479 e. The zero-order chi connectivity index (χ0) is 15.6. The highest BCUT2D eigenvalue weighted by Gasteiger charge is 2.43. The number of carboxylic acid groups (broad SMARTS) is 1. The van der Waals surface area contributed by atoms with Crippen LogP contribution in [0.2, 0.25) is 0 Å². The second-order valence-corrected chi connectivity index (χ2v) is 5.12. The zero-order valence-electron chi connectivity index (χ0n) is 12.4. The topological polar surface area (TPSA) is 76.1 Å². The third kappa shape index (κ3) is 2.53. The lowest BCUT2D eigenvalue weighted by molar-refractivity contribution is -0.158. The van der Waals surface area contributed by atoms with Gasteiger partial charge in [-0.3, -0.25) is 4.79 Å². The van der Waals surface area contributed by atoms with Crippen LogP contribution in [0, 0.1) is 0 Å². The number of rotatable bonds is 5. The normalized spacial score (nSPS) is 15.4. The summed E-state index contributed by atoms with van der Waals surface area (Å²) in [5, 5.41) is 9.71. The van der Waals surface area contributed by atoms with E-state index in [2.05, 4.69) is 0 Å². The summed E-state index contributed by atoms with van der Waals surface area (Å²) in [6.07, 6.45) is 0.674. The Labute approximate surface area is 123 Å². The molecule has 0 spiro atoms. The number of benzene rings is 1. The van der Waals surface area contributed by atoms with E-state index in [1.54, 1.807) is 18.2 Å². The van der Waals surface area contributed by atoms with E-state index in [-0.39, 0.29) is 12.7 Å². The van der Waals surface area contributed by atoms with E-state index in [0.29, 0.717) is 30.0 Å². The second kappa shape index (κ2) is 5.63. The number of hydrogen-bond donors (Lipinski definition) is 1. The van der Waals surface area contributed by atoms with Gasteiger partial charge in [0.2, 0.25) is 12.7 Å². The van der Waals surface area contributed by atoms with Crippen LogP contribution in [0.25, 0.3) is 0 Å². The first-order valence-corrected chi connectivity index (χ1v) is 6.83. The average molecular weight is 293 g/mol. The lowest BCUT2D eigenvalue weighted by Crippen LogP contribution is -2.52. The third-order valence-electron chi connectivity index (χ3n) is 3.72. The quantitative estimate of drug-likeness (QED) is 0.898. The Bertz CT molecular complexity index is 571. The molecule has 0 fully saturated rings. The van der Waals surface area contributed by atoms with Gasteiger partial charge in [0.15, 0.2) is 17.0 Å². The standard InChI is InChI=1S/C15H19NO5/c1-4-7-16(10(2)17)15(3,14(18)19)11-5-6-12-13(8-11)21-9-20-12/h5-6,8H,4,7,9H2,1-3H3,(H,18,19). The maximum atomic E-state index is 11.9. The van der Waals surface area contributed by atoms with E-state index in [9.17, 15) is 14.7 Å². The van der Waals surface area contributed by atoms with E-state index in [4.69, 9.17) is 9.47 Å². The number of amides is 1. The Morgan fingerprint density at radius 2 is 2.00 bits per heavy atom. The van der Waals surface area contributed by atoms with Crippen LogP contribution in [0.5, 0.6) is 11.5 Å². The summed E-state index contributed by atoms with van der Waals surface area (Å²) >= 11 is 0. The van der Waals surface area contributed by atoms with Crippen LogP contribution < -0.4 is 9.47 Å². The minimum Gasteiger partial charge on any atom is -0.479 e. The molecule has 1 atom stereocenters. The maximum Gasteiger partial charge on any atom is 0.334 e. The molecule has 114 valence electrons. The van der Waals surface area contributed by atoms with Crippen molar-refractivity contribution in [1.82, 2.24) is 4.90 Å². The SMILES string of the molecule is CCCN(C(C)=O)C(C)(C(=O)O)c1ccc2c(c1)OCO2. The summed E-state index contributed by atoms with van der Waals surface area (Å²) in [4.78, 5) is 25.1. The van der Waals surface area contributed by atoms with Gasteiger partial charge in [-0.05, 0) is 31.0 Å². The van der Waals surface area contributed by atoms with Crippen LogP contribution in [-0.4, -0.2) is 35.2 Å². The smallest absolute Gasteiger partial charge is 0.334 e. The minimum atomic E-state index is -1.44. The lowest BCUT2D eigenvalue weighted by Gasteiger charge is -2.37. The first-order chi connectivity index (χ1) is 9.91. The predicted octanol–water partition coefficient (Wildman–Crippen LogP) is 1.97. The van der Waals surface area contributed by atoms with Crippen LogP contribution >= 0.6 is 0 Å². The Morgan fingerprint density at radius 3 is 2.57 bits per heavy atom. The van der Waals surface area contributed by atoms with Gasteiger partial charge >= 0.3 is 5.97 Å². The molecule has 6 nitrogen and oxygen atoms in total. The highest BCUT2D eigenvalue weighted by Crippen LogP contribution is 2.38. The van der Waals surface area contributed by atoms with Crippen molar-refractivity contribution < 1.29 is 24.2 Å². The zero-order valence-corrected chi connectivity index (χ0v) is 12.4. The molecule has 1 unspecified atom stereocenters. The van der Waals surface area contributed by atoms with Crippen LogP contribution in [0.3, 0.4) is 0 Å². The highest BCUT2D eigenvalue weighted by atomic mass is 16.7. The summed E-state index contributed by atoms with van der Waals surface area (Å²) in [6, 6.07) is 4.96. The Morgan fingerprint density at radius 1 is 1.33 bits per heavy atom. The fraction of sp³-hybridized carbons (Fsp3) is 0.467. The molecule has 1 N–H and O–H groups in total. The van der Waals surface area contributed by atoms with Crippen molar-refractivity contribution >= 4 is 11.9 Å². The number of nitrogens with zero attached hydrogens (tertiary/aromatic N) is 1. The molecule has 0 aliphatic carbocycles. The maximum absolute atomic E-state index is 11.9. The van der Waals surface area contributed by atoms with Crippen molar-refractivity contribution in [2.45, 2.75) is 32.7 Å². The Kier molecular flexibility index (Phi) is 4.06. The molecule has 1 aliphatic heterocycles. The summed E-state index contributed by atoms with van der Waals surface area (Å²) in [5.41, 5.74) is -0.953. The van der Waals surface area contributed by atoms with Gasteiger partial charge in [-0.15, -0.1) is 0 Å². The van der Waals surface area contributed by atoms with E-state index < -0.39 is 11.5 Å². The van der Waals surface area contributed by atoms with E-state index in [0.717, 1.165) is 0 Å². The summed E-state index contributed by atoms with van der Waals surface area (Å²) in [6.45, 7) is 5.30. The van der Waals surface area contributed by atoms with Gasteiger partial charge in [-0.2, -0.15) is 0 Å². The molecule has 1 heterocycles. The van der Waals surface area contributed by atoms with Gasteiger partial charge in [0, 0.05) is 13.5 Å². The molecular formula is C15H19NO5. The number of carbonyl (C=O) groups excluding carboxylic acids is 1. The molecule has 0 aromatic heterocycles. The molecule has 6 heteroatoms. The van der Waals surface area contributed by atoms with Crippen molar-refractivity contribution in [1.29, 1.82) is 0 Å². The molecule has 0 saturated carbocycles. The van der Waals surface area contributed by atoms with Crippen LogP contribution in [-0.2, 0) is 15.1 Å². The first-order valence-electron chi connectivity index (χ1n) is 6.83. The second-order valence-electron chi connectivity index (χ2n) is 5.12. The van der Waals surface area contributed by atoms with Crippen molar-refractivity contribution in [2.24, 2.45) is 0 Å². The monoisotopic (exact) mass is 293 g/mol. The molecule has 1 amide bonds. The molecule has 0 saturated heterocycles. The molecule has 1 aliphatic rings. The molecule has 1 aromatic carbocycles. The number of carboxylic acids is 1. The third-order valence-corrected chi connectivity index (χ3v) is 3.72. The van der Waals surface area contributed by atoms with E-state index in [1.807, 2.05) is 6.92 Å². The highest BCUT2D eigenvalue weighted by molar-refractivity contribution is 5.87. The molecule has 21 heavy (non-hydrogen) atoms. The fourth-order valence-corrected chi connectivity index (χ4v) is 2.51. The fourth-order valence-electron chi connectivity index (χ4n) is 2.51. The van der Waals surface area contributed by atoms with Gasteiger partial charge < -0.3 is 19.5 Å². The van der Waals surface area contributed by atoms with Gasteiger partial charge in [-0.25, -0.2) is 4.79 Å². The van der Waals surface area contributed by atoms with Gasteiger partial charge in [0.05, 0.1) is 0 Å². The first kappa shape index (κ1) is 15.2. The number of hydrogen-bond acceptors (Lipinski definition) is 4. The molecule has 0 radical (unpaired) electrons. The summed E-state index contributed by atoms with van der Waals surface area (Å²) < 4.78 is 10.5. The molecule has 2 rings (SSSR count). The summed E-state index contributed by atoms with van der Waals surface area (Å²) in [5.74, 6) is -0.277. The van der Waals surface area contributed by atoms with Gasteiger partial charge in [0.25, 0.3) is 0 Å². The number of ether oxygens (including phenoxy) is 2. The van der Waals surface area contributed by atoms with Crippen LogP contribution in [0.15, 0.2) is 18.2 Å². The lowest BCUT2D eigenvalue weighted by atomic mass is 9.89. The van der Waals surface area contributed by atoms with Crippen molar-refractivity contribution in [3.8, 4) is 11.5 Å². The van der Waals surface area contributed by atoms with E-state index >= 15 is 0 Å². The number of carbonyl (C=O) groups is 2. The van der Waals surface area contributed by atoms with E-state index in [1.165, 1.54) is 18.7 Å². The van der Waals surface area contributed by atoms with Crippen molar-refractivity contribution in [3.63, 3.8) is 0 Å².